The fourth-order valence-electron chi connectivity index (χ4n) is 1.82. The average Bonchev–Trinajstić information content (AvgIpc) is 2.86. The van der Waals surface area contributed by atoms with Gasteiger partial charge in [0, 0.05) is 11.2 Å². The summed E-state index contributed by atoms with van der Waals surface area (Å²) in [6.07, 6.45) is 1.14. The molecule has 1 atom stereocenters. The molecule has 0 saturated carbocycles. The third kappa shape index (κ3) is 4.26. The molecule has 0 saturated heterocycles. The van der Waals surface area contributed by atoms with Crippen molar-refractivity contribution in [2.45, 2.75) is 22.1 Å². The van der Waals surface area contributed by atoms with Crippen molar-refractivity contribution in [1.82, 2.24) is 5.32 Å². The quantitative estimate of drug-likeness (QED) is 0.874. The van der Waals surface area contributed by atoms with Gasteiger partial charge in [0.25, 0.3) is 0 Å². The first-order valence-electron chi connectivity index (χ1n) is 6.31. The van der Waals surface area contributed by atoms with Crippen molar-refractivity contribution in [2.24, 2.45) is 0 Å². The fourth-order valence-corrected chi connectivity index (χ4v) is 3.47. The highest BCUT2D eigenvalue weighted by Gasteiger charge is 2.11. The second-order valence-corrected chi connectivity index (χ2v) is 8.10. The first-order valence-corrected chi connectivity index (χ1v) is 9.52. The van der Waals surface area contributed by atoms with Crippen LogP contribution in [0.15, 0.2) is 50.6 Å². The topological polar surface area (TPSA) is 76.4 Å². The molecule has 0 bridgehead atoms. The largest absolute Gasteiger partial charge is 0.464 e. The normalized spacial score (nSPS) is 13.2. The monoisotopic (exact) mass is 327 g/mol. The molecule has 0 aliphatic carbocycles. The Morgan fingerprint density at radius 2 is 1.71 bits per heavy atom. The van der Waals surface area contributed by atoms with Crippen LogP contribution in [0.1, 0.15) is 11.5 Å². The Kier molecular flexibility index (Phi) is 4.97. The summed E-state index contributed by atoms with van der Waals surface area (Å²) in [4.78, 5) is 0.798. The van der Waals surface area contributed by atoms with Gasteiger partial charge in [-0.3, -0.25) is 4.21 Å². The van der Waals surface area contributed by atoms with Gasteiger partial charge in [-0.15, -0.1) is 0 Å². The van der Waals surface area contributed by atoms with Crippen LogP contribution in [0.5, 0.6) is 0 Å². The van der Waals surface area contributed by atoms with Crippen molar-refractivity contribution in [3.8, 4) is 0 Å². The third-order valence-corrected chi connectivity index (χ3v) is 5.33. The minimum absolute atomic E-state index is 0.220. The summed E-state index contributed by atoms with van der Waals surface area (Å²) in [5.74, 6) is 1.70. The van der Waals surface area contributed by atoms with E-state index in [9.17, 15) is 12.6 Å². The Labute approximate surface area is 126 Å². The molecular formula is C14H17NO4S2. The van der Waals surface area contributed by atoms with E-state index in [0.29, 0.717) is 17.2 Å². The molecule has 1 heterocycles. The standard InChI is InChI=1S/C14H17NO4S2/c1-15-9-11-3-4-12(19-11)10-20(16)13-5-7-14(8-6-13)21(2,17)18/h3-8,15H,9-10H2,1-2H3. The van der Waals surface area contributed by atoms with Crippen LogP contribution < -0.4 is 5.32 Å². The average molecular weight is 327 g/mol. The van der Waals surface area contributed by atoms with Crippen LogP contribution in [0.25, 0.3) is 0 Å². The molecule has 0 spiro atoms. The van der Waals surface area contributed by atoms with Crippen LogP contribution in [-0.2, 0) is 32.9 Å². The number of rotatable bonds is 6. The van der Waals surface area contributed by atoms with Gasteiger partial charge in [-0.25, -0.2) is 8.42 Å². The Bertz CT molecular complexity index is 733. The number of benzene rings is 1. The van der Waals surface area contributed by atoms with E-state index in [4.69, 9.17) is 4.42 Å². The van der Waals surface area contributed by atoms with Gasteiger partial charge < -0.3 is 9.73 Å². The highest BCUT2D eigenvalue weighted by Crippen LogP contribution is 2.17. The number of furan rings is 1. The van der Waals surface area contributed by atoms with Crippen LogP contribution in [0, 0.1) is 0 Å². The summed E-state index contributed by atoms with van der Waals surface area (Å²) < 4.78 is 40.5. The summed E-state index contributed by atoms with van der Waals surface area (Å²) in [7, 11) is -2.68. The van der Waals surface area contributed by atoms with Crippen LogP contribution in [0.3, 0.4) is 0 Å². The molecule has 1 aromatic heterocycles. The summed E-state index contributed by atoms with van der Waals surface area (Å²) >= 11 is 0. The van der Waals surface area contributed by atoms with Crippen molar-refractivity contribution in [3.63, 3.8) is 0 Å². The van der Waals surface area contributed by atoms with Gasteiger partial charge in [0.15, 0.2) is 9.84 Å². The maximum atomic E-state index is 12.2. The molecular weight excluding hydrogens is 310 g/mol. The van der Waals surface area contributed by atoms with Gasteiger partial charge in [-0.2, -0.15) is 0 Å². The first-order chi connectivity index (χ1) is 9.90. The molecule has 5 nitrogen and oxygen atoms in total. The molecule has 0 aliphatic rings. The maximum Gasteiger partial charge on any atom is 0.175 e. The zero-order valence-corrected chi connectivity index (χ0v) is 13.5. The highest BCUT2D eigenvalue weighted by atomic mass is 32.2. The van der Waals surface area contributed by atoms with Gasteiger partial charge in [-0.1, -0.05) is 0 Å². The van der Waals surface area contributed by atoms with Crippen molar-refractivity contribution >= 4 is 20.6 Å². The number of sulfone groups is 1. The Hall–Kier alpha value is -1.44. The van der Waals surface area contributed by atoms with E-state index in [-0.39, 0.29) is 10.6 Å². The molecule has 1 aromatic carbocycles. The van der Waals surface area contributed by atoms with E-state index in [1.165, 1.54) is 12.1 Å². The highest BCUT2D eigenvalue weighted by molar-refractivity contribution is 7.90. The minimum atomic E-state index is -3.23. The molecule has 7 heteroatoms. The van der Waals surface area contributed by atoms with Crippen LogP contribution >= 0.6 is 0 Å². The van der Waals surface area contributed by atoms with E-state index in [1.807, 2.05) is 13.1 Å². The van der Waals surface area contributed by atoms with Crippen LogP contribution in [-0.4, -0.2) is 25.9 Å². The maximum absolute atomic E-state index is 12.2. The first kappa shape index (κ1) is 15.9. The third-order valence-electron chi connectivity index (χ3n) is 2.86. The predicted octanol–water partition coefficient (Wildman–Crippen LogP) is 1.71. The SMILES string of the molecule is CNCc1ccc(CS(=O)c2ccc(S(C)(=O)=O)cc2)o1. The Morgan fingerprint density at radius 3 is 2.29 bits per heavy atom. The fraction of sp³-hybridized carbons (Fsp3) is 0.286. The summed E-state index contributed by atoms with van der Waals surface area (Å²) in [5.41, 5.74) is 0. The zero-order chi connectivity index (χ0) is 15.5. The van der Waals surface area contributed by atoms with E-state index < -0.39 is 20.6 Å². The van der Waals surface area contributed by atoms with Crippen molar-refractivity contribution in [3.05, 3.63) is 47.9 Å². The molecule has 0 radical (unpaired) electrons. The lowest BCUT2D eigenvalue weighted by atomic mass is 10.4. The van der Waals surface area contributed by atoms with E-state index in [1.54, 1.807) is 18.2 Å². The summed E-state index contributed by atoms with van der Waals surface area (Å²) in [5, 5.41) is 2.98. The Morgan fingerprint density at radius 1 is 1.10 bits per heavy atom. The number of hydrogen-bond acceptors (Lipinski definition) is 5. The zero-order valence-electron chi connectivity index (χ0n) is 11.8. The summed E-state index contributed by atoms with van der Waals surface area (Å²) in [6.45, 7) is 0.621. The Balaban J connectivity index is 2.09. The predicted molar refractivity (Wildman–Crippen MR) is 81.1 cm³/mol. The second kappa shape index (κ2) is 6.55. The summed E-state index contributed by atoms with van der Waals surface area (Å²) in [6, 6.07) is 9.73. The molecule has 114 valence electrons. The smallest absolute Gasteiger partial charge is 0.175 e. The number of hydrogen-bond donors (Lipinski definition) is 1. The van der Waals surface area contributed by atoms with Gasteiger partial charge in [0.1, 0.15) is 11.5 Å². The van der Waals surface area contributed by atoms with E-state index in [0.717, 1.165) is 12.0 Å². The molecule has 0 aliphatic heterocycles. The molecule has 1 N–H and O–H groups in total. The van der Waals surface area contributed by atoms with Crippen LogP contribution in [0.2, 0.25) is 0 Å². The number of nitrogens with one attached hydrogen (secondary N) is 1. The van der Waals surface area contributed by atoms with Crippen LogP contribution in [0.4, 0.5) is 0 Å². The molecule has 2 rings (SSSR count). The lowest BCUT2D eigenvalue weighted by Gasteiger charge is -2.02. The molecule has 2 aromatic rings. The minimum Gasteiger partial charge on any atom is -0.464 e. The molecule has 0 amide bonds. The molecule has 1 unspecified atom stereocenters. The van der Waals surface area contributed by atoms with Gasteiger partial charge >= 0.3 is 0 Å². The van der Waals surface area contributed by atoms with Gasteiger partial charge in [0.05, 0.1) is 28.0 Å². The van der Waals surface area contributed by atoms with Gasteiger partial charge in [0.2, 0.25) is 0 Å². The van der Waals surface area contributed by atoms with Crippen molar-refractivity contribution in [1.29, 1.82) is 0 Å². The second-order valence-electron chi connectivity index (χ2n) is 4.63. The van der Waals surface area contributed by atoms with E-state index >= 15 is 0 Å². The lowest BCUT2D eigenvalue weighted by molar-refractivity contribution is 0.467. The van der Waals surface area contributed by atoms with Crippen molar-refractivity contribution in [2.75, 3.05) is 13.3 Å². The van der Waals surface area contributed by atoms with E-state index in [2.05, 4.69) is 5.32 Å². The molecule has 21 heavy (non-hydrogen) atoms. The van der Waals surface area contributed by atoms with Gasteiger partial charge in [-0.05, 0) is 43.4 Å². The lowest BCUT2D eigenvalue weighted by Crippen LogP contribution is -2.03. The van der Waals surface area contributed by atoms with Crippen molar-refractivity contribution < 1.29 is 17.0 Å². The molecule has 0 fully saturated rings.